The summed E-state index contributed by atoms with van der Waals surface area (Å²) in [5.74, 6) is -0.00874. The Hall–Kier alpha value is -1.99. The van der Waals surface area contributed by atoms with Crippen molar-refractivity contribution in [1.29, 1.82) is 5.26 Å². The second-order valence-electron chi connectivity index (χ2n) is 4.30. The molecule has 0 spiro atoms. The molecule has 4 unspecified atom stereocenters. The van der Waals surface area contributed by atoms with Gasteiger partial charge < -0.3 is 25.4 Å². The van der Waals surface area contributed by atoms with Crippen LogP contribution >= 0.6 is 0 Å². The van der Waals surface area contributed by atoms with Gasteiger partial charge in [-0.1, -0.05) is 0 Å². The number of hydrogen-bond acceptors (Lipinski definition) is 8. The van der Waals surface area contributed by atoms with Gasteiger partial charge in [0.2, 0.25) is 0 Å². The molecule has 20 heavy (non-hydrogen) atoms. The number of hydrogen-bond donors (Lipinski definition) is 3. The van der Waals surface area contributed by atoms with Crippen LogP contribution < -0.4 is 11.4 Å². The van der Waals surface area contributed by atoms with Crippen molar-refractivity contribution in [3.8, 4) is 6.07 Å². The van der Waals surface area contributed by atoms with Crippen molar-refractivity contribution >= 4 is 5.82 Å². The zero-order valence-electron chi connectivity index (χ0n) is 10.6. The summed E-state index contributed by atoms with van der Waals surface area (Å²) >= 11 is 0. The SMILES string of the molecule is COC1C(O)C(CO)OC1(C#N)n1ccc(N)nc1=O. The largest absolute Gasteiger partial charge is 0.394 e. The lowest BCUT2D eigenvalue weighted by atomic mass is 10.0. The van der Waals surface area contributed by atoms with E-state index in [1.807, 2.05) is 6.07 Å². The number of nitriles is 1. The summed E-state index contributed by atoms with van der Waals surface area (Å²) in [6, 6.07) is 3.13. The van der Waals surface area contributed by atoms with Crippen LogP contribution in [0.15, 0.2) is 17.1 Å². The van der Waals surface area contributed by atoms with Crippen molar-refractivity contribution in [2.45, 2.75) is 24.0 Å². The molecule has 1 aromatic rings. The summed E-state index contributed by atoms with van der Waals surface area (Å²) in [6.07, 6.45) is -2.25. The molecule has 0 saturated carbocycles. The number of aromatic nitrogens is 2. The van der Waals surface area contributed by atoms with Crippen LogP contribution in [0, 0.1) is 11.3 Å². The Balaban J connectivity index is 2.59. The van der Waals surface area contributed by atoms with Gasteiger partial charge in [0.25, 0.3) is 5.72 Å². The molecule has 108 valence electrons. The van der Waals surface area contributed by atoms with Crippen LogP contribution in [0.1, 0.15) is 0 Å². The van der Waals surface area contributed by atoms with Crippen LogP contribution in [-0.2, 0) is 15.2 Å². The highest BCUT2D eigenvalue weighted by molar-refractivity contribution is 5.25. The van der Waals surface area contributed by atoms with Crippen LogP contribution in [0.2, 0.25) is 0 Å². The average molecular weight is 282 g/mol. The van der Waals surface area contributed by atoms with Gasteiger partial charge in [0.15, 0.2) is 0 Å². The molecule has 1 aromatic heterocycles. The molecule has 1 fully saturated rings. The Bertz CT molecular complexity index is 597. The molecule has 9 heteroatoms. The van der Waals surface area contributed by atoms with Gasteiger partial charge in [0.05, 0.1) is 6.61 Å². The minimum absolute atomic E-state index is 0.00874. The Morgan fingerprint density at radius 2 is 2.45 bits per heavy atom. The third-order valence-corrected chi connectivity index (χ3v) is 3.18. The molecular formula is C11H14N4O5. The van der Waals surface area contributed by atoms with E-state index in [9.17, 15) is 15.2 Å². The Morgan fingerprint density at radius 1 is 1.75 bits per heavy atom. The summed E-state index contributed by atoms with van der Waals surface area (Å²) in [4.78, 5) is 15.4. The fourth-order valence-corrected chi connectivity index (χ4v) is 2.25. The molecule has 2 heterocycles. The average Bonchev–Trinajstić information content (AvgIpc) is 2.71. The van der Waals surface area contributed by atoms with E-state index in [0.29, 0.717) is 0 Å². The molecule has 1 aliphatic rings. The number of ether oxygens (including phenoxy) is 2. The lowest BCUT2D eigenvalue weighted by Crippen LogP contribution is -2.50. The maximum Gasteiger partial charge on any atom is 0.352 e. The van der Waals surface area contributed by atoms with Crippen molar-refractivity contribution in [3.63, 3.8) is 0 Å². The quantitative estimate of drug-likeness (QED) is 0.565. The number of aliphatic hydroxyl groups excluding tert-OH is 2. The van der Waals surface area contributed by atoms with Gasteiger partial charge in [-0.3, -0.25) is 4.57 Å². The van der Waals surface area contributed by atoms with Crippen LogP contribution in [0.5, 0.6) is 0 Å². The topological polar surface area (TPSA) is 144 Å². The van der Waals surface area contributed by atoms with Gasteiger partial charge in [-0.2, -0.15) is 10.2 Å². The summed E-state index contributed by atoms with van der Waals surface area (Å²) in [7, 11) is 1.26. The first kappa shape index (κ1) is 14.4. The van der Waals surface area contributed by atoms with Crippen molar-refractivity contribution in [3.05, 3.63) is 22.7 Å². The number of nitrogen functional groups attached to an aromatic ring is 1. The molecule has 0 radical (unpaired) electrons. The Labute approximate surface area is 113 Å². The summed E-state index contributed by atoms with van der Waals surface area (Å²) < 4.78 is 11.3. The monoisotopic (exact) mass is 282 g/mol. The second-order valence-corrected chi connectivity index (χ2v) is 4.30. The van der Waals surface area contributed by atoms with Crippen molar-refractivity contribution < 1.29 is 19.7 Å². The minimum atomic E-state index is -1.92. The highest BCUT2D eigenvalue weighted by Crippen LogP contribution is 2.36. The minimum Gasteiger partial charge on any atom is -0.394 e. The molecule has 0 aliphatic carbocycles. The molecule has 4 N–H and O–H groups in total. The fourth-order valence-electron chi connectivity index (χ4n) is 2.25. The van der Waals surface area contributed by atoms with Gasteiger partial charge >= 0.3 is 5.69 Å². The van der Waals surface area contributed by atoms with Gasteiger partial charge in [-0.05, 0) is 6.07 Å². The van der Waals surface area contributed by atoms with Crippen LogP contribution in [-0.4, -0.2) is 51.8 Å². The van der Waals surface area contributed by atoms with E-state index in [4.69, 9.17) is 20.3 Å². The highest BCUT2D eigenvalue weighted by Gasteiger charge is 2.57. The number of anilines is 1. The number of methoxy groups -OCH3 is 1. The van der Waals surface area contributed by atoms with Crippen molar-refractivity contribution in [1.82, 2.24) is 9.55 Å². The number of aliphatic hydroxyl groups is 2. The predicted molar refractivity (Wildman–Crippen MR) is 65.3 cm³/mol. The van der Waals surface area contributed by atoms with Gasteiger partial charge in [0, 0.05) is 13.3 Å². The standard InChI is InChI=1S/C11H14N4O5/c1-19-9-8(17)6(4-16)20-11(9,5-12)15-3-2-7(13)14-10(15)18/h2-3,6,8-9,16-17H,4H2,1H3,(H2,13,14,18). The number of nitrogens with two attached hydrogens (primary N) is 1. The zero-order valence-corrected chi connectivity index (χ0v) is 10.6. The lowest BCUT2D eigenvalue weighted by molar-refractivity contribution is -0.117. The number of nitrogens with zero attached hydrogens (tertiary/aromatic N) is 3. The molecule has 0 amide bonds. The van der Waals surface area contributed by atoms with E-state index < -0.39 is 36.3 Å². The van der Waals surface area contributed by atoms with Crippen molar-refractivity contribution in [2.24, 2.45) is 0 Å². The first-order valence-corrected chi connectivity index (χ1v) is 5.76. The van der Waals surface area contributed by atoms with E-state index in [1.54, 1.807) is 0 Å². The van der Waals surface area contributed by atoms with Gasteiger partial charge in [0.1, 0.15) is 30.2 Å². The molecule has 4 atom stereocenters. The molecule has 0 aromatic carbocycles. The Morgan fingerprint density at radius 3 is 2.95 bits per heavy atom. The zero-order chi connectivity index (χ0) is 14.9. The highest BCUT2D eigenvalue weighted by atomic mass is 16.6. The first-order chi connectivity index (χ1) is 9.50. The third kappa shape index (κ3) is 1.95. The van der Waals surface area contributed by atoms with E-state index in [-0.39, 0.29) is 5.82 Å². The first-order valence-electron chi connectivity index (χ1n) is 5.76. The molecule has 1 aliphatic heterocycles. The smallest absolute Gasteiger partial charge is 0.352 e. The fraction of sp³-hybridized carbons (Fsp3) is 0.545. The number of rotatable bonds is 3. The third-order valence-electron chi connectivity index (χ3n) is 3.18. The van der Waals surface area contributed by atoms with Crippen LogP contribution in [0.25, 0.3) is 0 Å². The predicted octanol–water partition coefficient (Wildman–Crippen LogP) is -2.23. The molecule has 1 saturated heterocycles. The lowest BCUT2D eigenvalue weighted by Gasteiger charge is -2.28. The van der Waals surface area contributed by atoms with Gasteiger partial charge in [-0.25, -0.2) is 4.79 Å². The van der Waals surface area contributed by atoms with Crippen LogP contribution in [0.3, 0.4) is 0 Å². The second kappa shape index (κ2) is 5.18. The summed E-state index contributed by atoms with van der Waals surface area (Å²) in [6.45, 7) is -0.526. The molecule has 9 nitrogen and oxygen atoms in total. The van der Waals surface area contributed by atoms with Gasteiger partial charge in [-0.15, -0.1) is 0 Å². The van der Waals surface area contributed by atoms with E-state index >= 15 is 0 Å². The Kier molecular flexibility index (Phi) is 3.74. The van der Waals surface area contributed by atoms with Crippen molar-refractivity contribution in [2.75, 3.05) is 19.5 Å². The normalized spacial score (nSPS) is 33.0. The summed E-state index contributed by atoms with van der Waals surface area (Å²) in [5.41, 5.74) is 2.65. The maximum absolute atomic E-state index is 11.9. The van der Waals surface area contributed by atoms with E-state index in [0.717, 1.165) is 4.57 Å². The van der Waals surface area contributed by atoms with E-state index in [2.05, 4.69) is 4.98 Å². The molecular weight excluding hydrogens is 268 g/mol. The van der Waals surface area contributed by atoms with E-state index in [1.165, 1.54) is 19.4 Å². The van der Waals surface area contributed by atoms with Crippen LogP contribution in [0.4, 0.5) is 5.82 Å². The molecule has 2 rings (SSSR count). The maximum atomic E-state index is 11.9. The summed E-state index contributed by atoms with van der Waals surface area (Å²) in [5, 5.41) is 28.6. The molecule has 0 bridgehead atoms.